The van der Waals surface area contributed by atoms with Gasteiger partial charge in [-0.3, -0.25) is 9.69 Å². The van der Waals surface area contributed by atoms with Crippen LogP contribution in [-0.4, -0.2) is 68.2 Å². The van der Waals surface area contributed by atoms with E-state index in [9.17, 15) is 13.2 Å². The van der Waals surface area contributed by atoms with Gasteiger partial charge < -0.3 is 4.90 Å². The SMILES string of the molecule is C=C1CN(C=O)CCCN(Cc2ccccc2)CCCN(S(=O)(=O)c2ccc(C)cc2)C1. The molecule has 0 bridgehead atoms. The molecule has 1 aliphatic rings. The standard InChI is InChI=1S/C25H33N3O3S/c1-22-10-12-25(13-11-22)32(30,31)28-17-7-15-26(20-24-8-4-3-5-9-24)14-6-16-27(21-29)18-23(2)19-28/h3-5,8-13,21H,2,6-7,14-20H2,1H3. The number of amides is 1. The second-order valence-electron chi connectivity index (χ2n) is 8.45. The van der Waals surface area contributed by atoms with Crippen molar-refractivity contribution in [2.75, 3.05) is 39.3 Å². The number of aryl methyl sites for hydroxylation is 1. The van der Waals surface area contributed by atoms with Crippen molar-refractivity contribution in [2.24, 2.45) is 0 Å². The molecule has 0 atom stereocenters. The van der Waals surface area contributed by atoms with Crippen molar-refractivity contribution in [1.29, 1.82) is 0 Å². The molecule has 1 amide bonds. The van der Waals surface area contributed by atoms with Crippen LogP contribution >= 0.6 is 0 Å². The topological polar surface area (TPSA) is 60.9 Å². The van der Waals surface area contributed by atoms with Crippen LogP contribution in [0.15, 0.2) is 71.6 Å². The predicted molar refractivity (Wildman–Crippen MR) is 128 cm³/mol. The highest BCUT2D eigenvalue weighted by Crippen LogP contribution is 2.19. The summed E-state index contributed by atoms with van der Waals surface area (Å²) in [5.74, 6) is 0. The van der Waals surface area contributed by atoms with Crippen LogP contribution < -0.4 is 0 Å². The number of hydrogen-bond donors (Lipinski definition) is 0. The second kappa shape index (κ2) is 11.4. The zero-order valence-corrected chi connectivity index (χ0v) is 19.6. The normalized spacial score (nSPS) is 18.0. The molecule has 3 rings (SSSR count). The molecule has 2 aromatic carbocycles. The molecule has 1 fully saturated rings. The van der Waals surface area contributed by atoms with Crippen molar-refractivity contribution in [2.45, 2.75) is 31.2 Å². The maximum Gasteiger partial charge on any atom is 0.243 e. The number of carbonyl (C=O) groups excluding carboxylic acids is 1. The lowest BCUT2D eigenvalue weighted by molar-refractivity contribution is -0.117. The first-order chi connectivity index (χ1) is 15.4. The predicted octanol–water partition coefficient (Wildman–Crippen LogP) is 3.30. The minimum absolute atomic E-state index is 0.208. The summed E-state index contributed by atoms with van der Waals surface area (Å²) in [6, 6.07) is 17.2. The van der Waals surface area contributed by atoms with Gasteiger partial charge >= 0.3 is 0 Å². The molecule has 0 spiro atoms. The Morgan fingerprint density at radius 1 is 0.906 bits per heavy atom. The zero-order valence-electron chi connectivity index (χ0n) is 18.8. The first-order valence-corrected chi connectivity index (χ1v) is 12.5. The van der Waals surface area contributed by atoms with Gasteiger partial charge in [-0.2, -0.15) is 4.31 Å². The van der Waals surface area contributed by atoms with E-state index in [-0.39, 0.29) is 11.4 Å². The Balaban J connectivity index is 1.79. The number of rotatable bonds is 5. The van der Waals surface area contributed by atoms with E-state index >= 15 is 0 Å². The van der Waals surface area contributed by atoms with E-state index in [2.05, 4.69) is 23.6 Å². The van der Waals surface area contributed by atoms with Crippen LogP contribution in [0.4, 0.5) is 0 Å². The molecule has 1 saturated heterocycles. The van der Waals surface area contributed by atoms with Crippen LogP contribution in [0, 0.1) is 6.92 Å². The Hall–Kier alpha value is -2.48. The van der Waals surface area contributed by atoms with Gasteiger partial charge in [0.25, 0.3) is 0 Å². The summed E-state index contributed by atoms with van der Waals surface area (Å²) in [6.45, 7) is 10.0. The molecule has 1 aliphatic heterocycles. The monoisotopic (exact) mass is 455 g/mol. The van der Waals surface area contributed by atoms with Crippen LogP contribution in [0.25, 0.3) is 0 Å². The molecular weight excluding hydrogens is 422 g/mol. The molecule has 7 heteroatoms. The summed E-state index contributed by atoms with van der Waals surface area (Å²) in [7, 11) is -3.65. The number of nitrogens with zero attached hydrogens (tertiary/aromatic N) is 3. The van der Waals surface area contributed by atoms with Crippen molar-refractivity contribution in [3.05, 3.63) is 77.9 Å². The highest BCUT2D eigenvalue weighted by molar-refractivity contribution is 7.89. The quantitative estimate of drug-likeness (QED) is 0.513. The van der Waals surface area contributed by atoms with Crippen molar-refractivity contribution >= 4 is 16.4 Å². The number of sulfonamides is 1. The Morgan fingerprint density at radius 2 is 1.56 bits per heavy atom. The number of hydrogen-bond acceptors (Lipinski definition) is 4. The van der Waals surface area contributed by atoms with Gasteiger partial charge in [0.05, 0.1) is 4.90 Å². The van der Waals surface area contributed by atoms with Gasteiger partial charge in [-0.15, -0.1) is 0 Å². The summed E-state index contributed by atoms with van der Waals surface area (Å²) >= 11 is 0. The van der Waals surface area contributed by atoms with Gasteiger partial charge in [-0.25, -0.2) is 8.42 Å². The largest absolute Gasteiger partial charge is 0.341 e. The van der Waals surface area contributed by atoms with E-state index < -0.39 is 10.0 Å². The van der Waals surface area contributed by atoms with Gasteiger partial charge in [-0.05, 0) is 49.6 Å². The summed E-state index contributed by atoms with van der Waals surface area (Å²) < 4.78 is 28.3. The lowest BCUT2D eigenvalue weighted by Crippen LogP contribution is -2.39. The van der Waals surface area contributed by atoms with Crippen molar-refractivity contribution in [1.82, 2.24) is 14.1 Å². The van der Waals surface area contributed by atoms with Crippen molar-refractivity contribution in [3.8, 4) is 0 Å². The summed E-state index contributed by atoms with van der Waals surface area (Å²) in [6.07, 6.45) is 2.42. The maximum atomic E-state index is 13.4. The van der Waals surface area contributed by atoms with Crippen LogP contribution in [0.1, 0.15) is 24.0 Å². The smallest absolute Gasteiger partial charge is 0.243 e. The molecule has 0 N–H and O–H groups in total. The molecule has 1 heterocycles. The fourth-order valence-electron chi connectivity index (χ4n) is 3.98. The third-order valence-corrected chi connectivity index (χ3v) is 7.54. The van der Waals surface area contributed by atoms with Crippen LogP contribution in [-0.2, 0) is 21.4 Å². The highest BCUT2D eigenvalue weighted by atomic mass is 32.2. The first-order valence-electron chi connectivity index (χ1n) is 11.1. The second-order valence-corrected chi connectivity index (χ2v) is 10.4. The van der Waals surface area contributed by atoms with Crippen LogP contribution in [0.5, 0.6) is 0 Å². The molecule has 2 aromatic rings. The maximum absolute atomic E-state index is 13.4. The average molecular weight is 456 g/mol. The number of benzene rings is 2. The highest BCUT2D eigenvalue weighted by Gasteiger charge is 2.25. The average Bonchev–Trinajstić information content (AvgIpc) is 2.77. The summed E-state index contributed by atoms with van der Waals surface area (Å²) in [5.41, 5.74) is 2.96. The Bertz CT molecular complexity index is 991. The van der Waals surface area contributed by atoms with Crippen LogP contribution in [0.3, 0.4) is 0 Å². The van der Waals surface area contributed by atoms with Gasteiger partial charge in [0.1, 0.15) is 0 Å². The van der Waals surface area contributed by atoms with Gasteiger partial charge in [-0.1, -0.05) is 54.6 Å². The molecule has 0 aliphatic carbocycles. The molecule has 0 aromatic heterocycles. The fourth-order valence-corrected chi connectivity index (χ4v) is 5.48. The molecular formula is C25H33N3O3S. The lowest BCUT2D eigenvalue weighted by atomic mass is 10.2. The van der Waals surface area contributed by atoms with E-state index in [4.69, 9.17) is 0 Å². The fraction of sp³-hybridized carbons (Fsp3) is 0.400. The summed E-state index contributed by atoms with van der Waals surface area (Å²) in [4.78, 5) is 15.9. The van der Waals surface area contributed by atoms with Gasteiger partial charge in [0.2, 0.25) is 16.4 Å². The molecule has 6 nitrogen and oxygen atoms in total. The Kier molecular flexibility index (Phi) is 8.61. The molecule has 172 valence electrons. The molecule has 0 radical (unpaired) electrons. The van der Waals surface area contributed by atoms with Crippen molar-refractivity contribution in [3.63, 3.8) is 0 Å². The lowest BCUT2D eigenvalue weighted by Gasteiger charge is -2.29. The van der Waals surface area contributed by atoms with E-state index in [1.54, 1.807) is 17.0 Å². The minimum atomic E-state index is -3.65. The van der Waals surface area contributed by atoms with Gasteiger partial charge in [0.15, 0.2) is 0 Å². The van der Waals surface area contributed by atoms with Crippen molar-refractivity contribution < 1.29 is 13.2 Å². The molecule has 0 unspecified atom stereocenters. The van der Waals surface area contributed by atoms with E-state index in [0.29, 0.717) is 19.6 Å². The number of carbonyl (C=O) groups is 1. The molecule has 0 saturated carbocycles. The van der Waals surface area contributed by atoms with E-state index in [1.165, 1.54) is 9.87 Å². The Morgan fingerprint density at radius 3 is 2.22 bits per heavy atom. The first kappa shape index (κ1) is 24.2. The third kappa shape index (κ3) is 6.76. The Labute approximate surface area is 192 Å². The van der Waals surface area contributed by atoms with E-state index in [1.807, 2.05) is 37.3 Å². The zero-order chi connectivity index (χ0) is 23.0. The third-order valence-electron chi connectivity index (χ3n) is 5.69. The molecule has 32 heavy (non-hydrogen) atoms. The van der Waals surface area contributed by atoms with Crippen LogP contribution in [0.2, 0.25) is 0 Å². The van der Waals surface area contributed by atoms with Gasteiger partial charge in [0, 0.05) is 39.3 Å². The van der Waals surface area contributed by atoms with E-state index in [0.717, 1.165) is 50.0 Å². The summed E-state index contributed by atoms with van der Waals surface area (Å²) in [5, 5.41) is 0. The minimum Gasteiger partial charge on any atom is -0.341 e.